The third-order valence-corrected chi connectivity index (χ3v) is 7.63. The lowest BCUT2D eigenvalue weighted by Crippen LogP contribution is -2.35. The van der Waals surface area contributed by atoms with Gasteiger partial charge in [-0.25, -0.2) is 9.59 Å². The van der Waals surface area contributed by atoms with Crippen LogP contribution in [0.5, 0.6) is 5.75 Å². The van der Waals surface area contributed by atoms with Gasteiger partial charge < -0.3 is 19.5 Å². The summed E-state index contributed by atoms with van der Waals surface area (Å²) in [4.78, 5) is 24.7. The van der Waals surface area contributed by atoms with Gasteiger partial charge in [0.15, 0.2) is 0 Å². The standard InChI is InChI=1S/C33H45NO5S.H2/c1-8-25(7)31(23(3)4)32(24(5)6)26-15-17-27(18-16-26)38-21-28(22-40-29-13-11-10-12-14-29)39-33(36)34-19-20-37-30(35)9-2;/h9-18,23-25,28H,2,8,19-22H2,1,3-7H3,(H,34,36);1H/b32-31-;. The fourth-order valence-electron chi connectivity index (χ4n) is 4.50. The second kappa shape index (κ2) is 17.5. The molecule has 0 aliphatic heterocycles. The molecule has 6 nitrogen and oxygen atoms in total. The summed E-state index contributed by atoms with van der Waals surface area (Å²) in [5, 5.41) is 2.61. The number of carbonyl (C=O) groups is 2. The Kier molecular flexibility index (Phi) is 14.4. The Morgan fingerprint density at radius 1 is 1.00 bits per heavy atom. The van der Waals surface area contributed by atoms with E-state index in [-0.39, 0.29) is 21.2 Å². The number of amides is 1. The molecule has 0 radical (unpaired) electrons. The minimum absolute atomic E-state index is 0. The monoisotopic (exact) mass is 569 g/mol. The van der Waals surface area contributed by atoms with Gasteiger partial charge in [0.05, 0.1) is 6.54 Å². The van der Waals surface area contributed by atoms with Crippen LogP contribution in [0.15, 0.2) is 77.7 Å². The molecule has 0 aliphatic carbocycles. The Morgan fingerprint density at radius 2 is 1.68 bits per heavy atom. The second-order valence-electron chi connectivity index (χ2n) is 10.3. The van der Waals surface area contributed by atoms with Crippen molar-refractivity contribution in [3.63, 3.8) is 0 Å². The molecule has 0 spiro atoms. The molecule has 0 aliphatic rings. The van der Waals surface area contributed by atoms with E-state index in [9.17, 15) is 9.59 Å². The molecule has 220 valence electrons. The van der Waals surface area contributed by atoms with Crippen molar-refractivity contribution in [3.8, 4) is 5.75 Å². The zero-order valence-corrected chi connectivity index (χ0v) is 25.6. The molecule has 2 aromatic rings. The van der Waals surface area contributed by atoms with Gasteiger partial charge >= 0.3 is 12.1 Å². The van der Waals surface area contributed by atoms with Crippen LogP contribution < -0.4 is 10.1 Å². The molecule has 40 heavy (non-hydrogen) atoms. The summed E-state index contributed by atoms with van der Waals surface area (Å²) in [7, 11) is 0. The van der Waals surface area contributed by atoms with Gasteiger partial charge in [-0.2, -0.15) is 0 Å². The lowest BCUT2D eigenvalue weighted by molar-refractivity contribution is -0.137. The molecule has 0 fully saturated rings. The number of hydrogen-bond donors (Lipinski definition) is 1. The summed E-state index contributed by atoms with van der Waals surface area (Å²) >= 11 is 1.59. The molecular weight excluding hydrogens is 522 g/mol. The number of rotatable bonds is 16. The normalized spacial score (nSPS) is 13.3. The summed E-state index contributed by atoms with van der Waals surface area (Å²) < 4.78 is 16.6. The summed E-state index contributed by atoms with van der Waals surface area (Å²) in [5.74, 6) is 2.11. The average Bonchev–Trinajstić information content (AvgIpc) is 2.95. The third-order valence-electron chi connectivity index (χ3n) is 6.49. The van der Waals surface area contributed by atoms with Crippen molar-refractivity contribution in [3.05, 3.63) is 78.4 Å². The predicted octanol–water partition coefficient (Wildman–Crippen LogP) is 8.04. The lowest BCUT2D eigenvalue weighted by Gasteiger charge is -2.26. The van der Waals surface area contributed by atoms with Gasteiger partial charge in [-0.05, 0) is 59.6 Å². The fraction of sp³-hybridized carbons (Fsp3) is 0.455. The van der Waals surface area contributed by atoms with Gasteiger partial charge in [0.25, 0.3) is 0 Å². The molecule has 2 rings (SSSR count). The Morgan fingerprint density at radius 3 is 2.25 bits per heavy atom. The highest BCUT2D eigenvalue weighted by Crippen LogP contribution is 2.36. The zero-order chi connectivity index (χ0) is 29.5. The quantitative estimate of drug-likeness (QED) is 0.0954. The number of nitrogens with one attached hydrogen (secondary N) is 1. The van der Waals surface area contributed by atoms with Crippen molar-refractivity contribution in [2.24, 2.45) is 17.8 Å². The molecule has 1 amide bonds. The van der Waals surface area contributed by atoms with E-state index in [4.69, 9.17) is 14.2 Å². The zero-order valence-electron chi connectivity index (χ0n) is 24.8. The SMILES string of the molecule is C=CC(=O)OCCNC(=O)OC(COc1ccc(/C(=C(/C(C)C)C(C)CC)C(C)C)cc1)CSc1ccccc1.[HH]. The van der Waals surface area contributed by atoms with E-state index in [0.717, 1.165) is 23.1 Å². The van der Waals surface area contributed by atoms with Gasteiger partial charge in [-0.3, -0.25) is 0 Å². The summed E-state index contributed by atoms with van der Waals surface area (Å²) in [6.45, 7) is 17.3. The van der Waals surface area contributed by atoms with Crippen molar-refractivity contribution in [1.82, 2.24) is 5.32 Å². The molecule has 2 aromatic carbocycles. The van der Waals surface area contributed by atoms with Gasteiger partial charge in [0.1, 0.15) is 25.1 Å². The largest absolute Gasteiger partial charge is 0.490 e. The number of alkyl carbamates (subject to hydrolysis) is 1. The molecule has 0 saturated carbocycles. The van der Waals surface area contributed by atoms with Crippen LogP contribution >= 0.6 is 11.8 Å². The molecule has 0 saturated heterocycles. The number of hydrogen-bond acceptors (Lipinski definition) is 6. The van der Waals surface area contributed by atoms with Crippen molar-refractivity contribution in [2.75, 3.05) is 25.5 Å². The minimum Gasteiger partial charge on any atom is -0.490 e. The number of benzene rings is 2. The van der Waals surface area contributed by atoms with Crippen molar-refractivity contribution < 1.29 is 25.2 Å². The molecule has 2 atom stereocenters. The maximum absolute atomic E-state index is 12.4. The van der Waals surface area contributed by atoms with Gasteiger partial charge in [0.2, 0.25) is 0 Å². The number of ether oxygens (including phenoxy) is 3. The van der Waals surface area contributed by atoms with E-state index in [1.54, 1.807) is 11.8 Å². The minimum atomic E-state index is -0.592. The first-order valence-electron chi connectivity index (χ1n) is 14.0. The average molecular weight is 570 g/mol. The first kappa shape index (κ1) is 33.0. The van der Waals surface area contributed by atoms with Crippen LogP contribution in [0.4, 0.5) is 4.79 Å². The van der Waals surface area contributed by atoms with Crippen LogP contribution in [0.1, 0.15) is 55.0 Å². The fourth-order valence-corrected chi connectivity index (χ4v) is 5.39. The van der Waals surface area contributed by atoms with E-state index >= 15 is 0 Å². The third kappa shape index (κ3) is 11.1. The van der Waals surface area contributed by atoms with Crippen molar-refractivity contribution in [2.45, 2.75) is 59.0 Å². The van der Waals surface area contributed by atoms with Crippen LogP contribution in [-0.2, 0) is 14.3 Å². The summed E-state index contributed by atoms with van der Waals surface area (Å²) in [6.07, 6.45) is 1.10. The van der Waals surface area contributed by atoms with E-state index in [2.05, 4.69) is 65.6 Å². The Labute approximate surface area is 246 Å². The smallest absolute Gasteiger partial charge is 0.407 e. The highest BCUT2D eigenvalue weighted by Gasteiger charge is 2.21. The highest BCUT2D eigenvalue weighted by molar-refractivity contribution is 7.99. The molecule has 0 aromatic heterocycles. The van der Waals surface area contributed by atoms with Crippen LogP contribution in [0.2, 0.25) is 0 Å². The molecule has 1 N–H and O–H groups in total. The molecular formula is C33H47NO5S. The van der Waals surface area contributed by atoms with Crippen LogP contribution in [0, 0.1) is 17.8 Å². The summed E-state index contributed by atoms with van der Waals surface area (Å²) in [6, 6.07) is 18.2. The van der Waals surface area contributed by atoms with Gasteiger partial charge in [-0.1, -0.05) is 84.0 Å². The Balaban J connectivity index is 0.00000840. The molecule has 0 bridgehead atoms. The number of allylic oxidation sites excluding steroid dienone is 2. The van der Waals surface area contributed by atoms with E-state index in [1.165, 1.54) is 16.7 Å². The number of carbonyl (C=O) groups excluding carboxylic acids is 2. The maximum atomic E-state index is 12.4. The maximum Gasteiger partial charge on any atom is 0.407 e. The highest BCUT2D eigenvalue weighted by atomic mass is 32.2. The number of esters is 1. The second-order valence-corrected chi connectivity index (χ2v) is 11.4. The number of thioether (sulfide) groups is 1. The predicted molar refractivity (Wildman–Crippen MR) is 167 cm³/mol. The van der Waals surface area contributed by atoms with E-state index < -0.39 is 18.2 Å². The Hall–Kier alpha value is -3.19. The first-order chi connectivity index (χ1) is 19.2. The van der Waals surface area contributed by atoms with E-state index in [1.807, 2.05) is 42.5 Å². The Bertz CT molecular complexity index is 1100. The topological polar surface area (TPSA) is 73.9 Å². The lowest BCUT2D eigenvalue weighted by atomic mass is 9.79. The summed E-state index contributed by atoms with van der Waals surface area (Å²) in [5.41, 5.74) is 4.14. The van der Waals surface area contributed by atoms with Gasteiger partial charge in [0, 0.05) is 18.2 Å². The van der Waals surface area contributed by atoms with E-state index in [0.29, 0.717) is 23.5 Å². The van der Waals surface area contributed by atoms with Crippen LogP contribution in [0.25, 0.3) is 5.57 Å². The van der Waals surface area contributed by atoms with Crippen LogP contribution in [-0.4, -0.2) is 43.7 Å². The van der Waals surface area contributed by atoms with Gasteiger partial charge in [-0.15, -0.1) is 11.8 Å². The van der Waals surface area contributed by atoms with Crippen molar-refractivity contribution in [1.29, 1.82) is 0 Å². The van der Waals surface area contributed by atoms with Crippen molar-refractivity contribution >= 4 is 29.4 Å². The molecule has 0 heterocycles. The molecule has 7 heteroatoms. The first-order valence-corrected chi connectivity index (χ1v) is 15.0. The molecule has 2 unspecified atom stereocenters. The van der Waals surface area contributed by atoms with Crippen LogP contribution in [0.3, 0.4) is 0 Å².